The Morgan fingerprint density at radius 1 is 1.29 bits per heavy atom. The van der Waals surface area contributed by atoms with Crippen molar-refractivity contribution in [2.45, 2.75) is 26.4 Å². The molecule has 1 aliphatic heterocycles. The number of pyridine rings is 1. The van der Waals surface area contributed by atoms with E-state index in [-0.39, 0.29) is 11.9 Å². The summed E-state index contributed by atoms with van der Waals surface area (Å²) in [7, 11) is 0. The standard InChI is InChI=1S/C19H21N3O2/c1-13(17-9-16-5-3-4-6-18(16)24-12-17)20-10-15-7-8-19(21-11-15)22-14(2)23/h3-9,11,13,20H,10,12H2,1-2H3,(H,21,22,23). The lowest BCUT2D eigenvalue weighted by molar-refractivity contribution is -0.114. The van der Waals surface area contributed by atoms with Crippen molar-refractivity contribution >= 4 is 17.8 Å². The number of anilines is 1. The molecule has 0 aliphatic carbocycles. The summed E-state index contributed by atoms with van der Waals surface area (Å²) in [5.74, 6) is 1.39. The van der Waals surface area contributed by atoms with Crippen LogP contribution in [0.5, 0.6) is 5.75 Å². The van der Waals surface area contributed by atoms with Crippen molar-refractivity contribution in [2.75, 3.05) is 11.9 Å². The van der Waals surface area contributed by atoms with Gasteiger partial charge in [-0.3, -0.25) is 4.79 Å². The molecule has 1 unspecified atom stereocenters. The van der Waals surface area contributed by atoms with Gasteiger partial charge < -0.3 is 15.4 Å². The lowest BCUT2D eigenvalue weighted by Crippen LogP contribution is -2.30. The van der Waals surface area contributed by atoms with Gasteiger partial charge in [0.25, 0.3) is 0 Å². The van der Waals surface area contributed by atoms with E-state index in [1.165, 1.54) is 12.5 Å². The topological polar surface area (TPSA) is 63.2 Å². The lowest BCUT2D eigenvalue weighted by Gasteiger charge is -2.23. The molecule has 2 aromatic rings. The first-order valence-corrected chi connectivity index (χ1v) is 8.00. The highest BCUT2D eigenvalue weighted by Crippen LogP contribution is 2.26. The van der Waals surface area contributed by atoms with Crippen molar-refractivity contribution in [3.8, 4) is 5.75 Å². The van der Waals surface area contributed by atoms with E-state index in [2.05, 4.69) is 34.7 Å². The van der Waals surface area contributed by atoms with Crippen LogP contribution < -0.4 is 15.4 Å². The Hall–Kier alpha value is -2.66. The molecule has 0 fully saturated rings. The van der Waals surface area contributed by atoms with E-state index in [0.29, 0.717) is 19.0 Å². The second-order valence-electron chi connectivity index (χ2n) is 5.88. The van der Waals surface area contributed by atoms with Crippen molar-refractivity contribution in [2.24, 2.45) is 0 Å². The van der Waals surface area contributed by atoms with E-state index in [4.69, 9.17) is 4.74 Å². The number of benzene rings is 1. The van der Waals surface area contributed by atoms with E-state index in [1.54, 1.807) is 6.20 Å². The van der Waals surface area contributed by atoms with Crippen LogP contribution in [0.1, 0.15) is 25.0 Å². The van der Waals surface area contributed by atoms with Crippen LogP contribution in [0.25, 0.3) is 6.08 Å². The highest BCUT2D eigenvalue weighted by Gasteiger charge is 2.15. The summed E-state index contributed by atoms with van der Waals surface area (Å²) in [6.45, 7) is 4.90. The third-order valence-electron chi connectivity index (χ3n) is 3.95. The molecular weight excluding hydrogens is 302 g/mol. The third-order valence-corrected chi connectivity index (χ3v) is 3.95. The molecule has 1 atom stereocenters. The summed E-state index contributed by atoms with van der Waals surface area (Å²) in [6.07, 6.45) is 3.96. The molecule has 24 heavy (non-hydrogen) atoms. The molecule has 0 spiro atoms. The molecular formula is C19H21N3O2. The van der Waals surface area contributed by atoms with Gasteiger partial charge in [-0.15, -0.1) is 0 Å². The molecule has 0 bridgehead atoms. The Morgan fingerprint density at radius 2 is 2.12 bits per heavy atom. The molecule has 1 aliphatic rings. The number of para-hydroxylation sites is 1. The molecule has 0 saturated carbocycles. The number of hydrogen-bond donors (Lipinski definition) is 2. The first kappa shape index (κ1) is 16.2. The normalized spacial score (nSPS) is 14.2. The minimum absolute atomic E-state index is 0.119. The Balaban J connectivity index is 1.59. The predicted molar refractivity (Wildman–Crippen MR) is 94.8 cm³/mol. The minimum atomic E-state index is -0.119. The fourth-order valence-corrected chi connectivity index (χ4v) is 2.57. The van der Waals surface area contributed by atoms with Gasteiger partial charge in [-0.05, 0) is 36.3 Å². The van der Waals surface area contributed by atoms with Crippen molar-refractivity contribution in [3.05, 3.63) is 59.3 Å². The van der Waals surface area contributed by atoms with Crippen LogP contribution in [-0.2, 0) is 11.3 Å². The Morgan fingerprint density at radius 3 is 2.88 bits per heavy atom. The molecule has 5 heteroatoms. The van der Waals surface area contributed by atoms with Crippen LogP contribution in [0, 0.1) is 0 Å². The molecule has 3 rings (SSSR count). The Kier molecular flexibility index (Phi) is 4.91. The average Bonchev–Trinajstić information content (AvgIpc) is 2.60. The maximum atomic E-state index is 11.0. The summed E-state index contributed by atoms with van der Waals surface area (Å²) in [4.78, 5) is 15.2. The molecule has 124 valence electrons. The first-order chi connectivity index (χ1) is 11.6. The molecule has 0 saturated heterocycles. The molecule has 0 radical (unpaired) electrons. The van der Waals surface area contributed by atoms with Gasteiger partial charge in [-0.25, -0.2) is 4.98 Å². The van der Waals surface area contributed by atoms with E-state index in [9.17, 15) is 4.79 Å². The Bertz CT molecular complexity index is 753. The van der Waals surface area contributed by atoms with Crippen LogP contribution >= 0.6 is 0 Å². The number of fused-ring (bicyclic) bond motifs is 1. The molecule has 2 heterocycles. The summed E-state index contributed by atoms with van der Waals surface area (Å²) in [5.41, 5.74) is 3.40. The summed E-state index contributed by atoms with van der Waals surface area (Å²) in [5, 5.41) is 6.15. The van der Waals surface area contributed by atoms with Crippen LogP contribution in [0.4, 0.5) is 5.82 Å². The van der Waals surface area contributed by atoms with E-state index < -0.39 is 0 Å². The lowest BCUT2D eigenvalue weighted by atomic mass is 10.0. The number of carbonyl (C=O) groups excluding carboxylic acids is 1. The van der Waals surface area contributed by atoms with Gasteiger partial charge in [-0.1, -0.05) is 24.3 Å². The fraction of sp³-hybridized carbons (Fsp3) is 0.263. The highest BCUT2D eigenvalue weighted by molar-refractivity contribution is 5.87. The fourth-order valence-electron chi connectivity index (χ4n) is 2.57. The van der Waals surface area contributed by atoms with Crippen LogP contribution in [-0.4, -0.2) is 23.5 Å². The predicted octanol–water partition coefficient (Wildman–Crippen LogP) is 2.99. The number of carbonyl (C=O) groups is 1. The molecule has 1 amide bonds. The quantitative estimate of drug-likeness (QED) is 0.888. The molecule has 1 aromatic heterocycles. The largest absolute Gasteiger partial charge is 0.489 e. The zero-order valence-electron chi connectivity index (χ0n) is 13.9. The maximum Gasteiger partial charge on any atom is 0.222 e. The average molecular weight is 323 g/mol. The van der Waals surface area contributed by atoms with Crippen molar-refractivity contribution in [1.29, 1.82) is 0 Å². The van der Waals surface area contributed by atoms with Gasteiger partial charge in [0.2, 0.25) is 5.91 Å². The minimum Gasteiger partial charge on any atom is -0.489 e. The first-order valence-electron chi connectivity index (χ1n) is 8.00. The SMILES string of the molecule is CC(=O)Nc1ccc(CNC(C)C2=Cc3ccccc3OC2)cn1. The van der Waals surface area contributed by atoms with Crippen molar-refractivity contribution in [1.82, 2.24) is 10.3 Å². The third kappa shape index (κ3) is 4.00. The second kappa shape index (κ2) is 7.27. The molecule has 2 N–H and O–H groups in total. The van der Waals surface area contributed by atoms with Crippen LogP contribution in [0.3, 0.4) is 0 Å². The number of amides is 1. The zero-order chi connectivity index (χ0) is 16.9. The summed E-state index contributed by atoms with van der Waals surface area (Å²) in [6, 6.07) is 12.0. The number of hydrogen-bond acceptors (Lipinski definition) is 4. The van der Waals surface area contributed by atoms with Crippen molar-refractivity contribution in [3.63, 3.8) is 0 Å². The number of nitrogens with zero attached hydrogens (tertiary/aromatic N) is 1. The summed E-state index contributed by atoms with van der Waals surface area (Å²) >= 11 is 0. The van der Waals surface area contributed by atoms with Gasteiger partial charge in [0.15, 0.2) is 0 Å². The van der Waals surface area contributed by atoms with Gasteiger partial charge in [0, 0.05) is 31.3 Å². The summed E-state index contributed by atoms with van der Waals surface area (Å²) < 4.78 is 5.80. The number of rotatable bonds is 5. The van der Waals surface area contributed by atoms with E-state index >= 15 is 0 Å². The molecule has 1 aromatic carbocycles. The maximum absolute atomic E-state index is 11.0. The van der Waals surface area contributed by atoms with Crippen LogP contribution in [0.2, 0.25) is 0 Å². The highest BCUT2D eigenvalue weighted by atomic mass is 16.5. The molecule has 5 nitrogen and oxygen atoms in total. The van der Waals surface area contributed by atoms with Crippen LogP contribution in [0.15, 0.2) is 48.2 Å². The Labute approximate surface area is 141 Å². The number of nitrogens with one attached hydrogen (secondary N) is 2. The second-order valence-corrected chi connectivity index (χ2v) is 5.88. The van der Waals surface area contributed by atoms with Crippen molar-refractivity contribution < 1.29 is 9.53 Å². The van der Waals surface area contributed by atoms with E-state index in [1.807, 2.05) is 30.3 Å². The smallest absolute Gasteiger partial charge is 0.222 e. The van der Waals surface area contributed by atoms with Gasteiger partial charge in [0.05, 0.1) is 0 Å². The zero-order valence-corrected chi connectivity index (χ0v) is 13.9. The van der Waals surface area contributed by atoms with Gasteiger partial charge in [-0.2, -0.15) is 0 Å². The number of ether oxygens (including phenoxy) is 1. The van der Waals surface area contributed by atoms with Gasteiger partial charge >= 0.3 is 0 Å². The van der Waals surface area contributed by atoms with Gasteiger partial charge in [0.1, 0.15) is 18.2 Å². The number of aromatic nitrogens is 1. The monoisotopic (exact) mass is 323 g/mol. The van der Waals surface area contributed by atoms with E-state index in [0.717, 1.165) is 16.9 Å².